The van der Waals surface area contributed by atoms with Crippen LogP contribution in [0.5, 0.6) is 0 Å². The Morgan fingerprint density at radius 1 is 1.42 bits per heavy atom. The van der Waals surface area contributed by atoms with E-state index in [0.29, 0.717) is 0 Å². The van der Waals surface area contributed by atoms with Crippen molar-refractivity contribution in [3.8, 4) is 0 Å². The molecule has 0 saturated heterocycles. The van der Waals surface area contributed by atoms with Crippen molar-refractivity contribution in [3.05, 3.63) is 11.7 Å². The van der Waals surface area contributed by atoms with Crippen molar-refractivity contribution >= 4 is 0 Å². The Morgan fingerprint density at radius 3 is 2.68 bits per heavy atom. The average Bonchev–Trinajstić information content (AvgIpc) is 2.70. The largest absolute Gasteiger partial charge is 0.411 e. The molecule has 1 atom stereocenters. The molecule has 0 aliphatic heterocycles. The number of rotatable bonds is 7. The first-order chi connectivity index (χ1) is 8.72. The monoisotopic (exact) mass is 283 g/mol. The lowest BCUT2D eigenvalue weighted by molar-refractivity contribution is -0.173. The molecule has 19 heavy (non-hydrogen) atoms. The van der Waals surface area contributed by atoms with Crippen LogP contribution in [0, 0.1) is 0 Å². The van der Waals surface area contributed by atoms with E-state index in [9.17, 15) is 18.3 Å². The van der Waals surface area contributed by atoms with Gasteiger partial charge in [0.2, 0.25) is 5.89 Å². The summed E-state index contributed by atoms with van der Waals surface area (Å²) in [7, 11) is 0. The highest BCUT2D eigenvalue weighted by molar-refractivity contribution is 4.92. The van der Waals surface area contributed by atoms with Crippen LogP contribution in [0.2, 0.25) is 0 Å². The zero-order valence-electron chi connectivity index (χ0n) is 10.4. The van der Waals surface area contributed by atoms with E-state index in [0.717, 1.165) is 0 Å². The standard InChI is InChI=1S/C10H16F3N3O3/c1-9(17,5-14)4-8-15-7(16-19-8)2-3-18-6-10(11,12)13/h17H,2-6,14H2,1H3. The van der Waals surface area contributed by atoms with E-state index in [2.05, 4.69) is 14.9 Å². The van der Waals surface area contributed by atoms with E-state index < -0.39 is 18.4 Å². The fourth-order valence-corrected chi connectivity index (χ4v) is 1.21. The van der Waals surface area contributed by atoms with Crippen LogP contribution in [0.1, 0.15) is 18.6 Å². The number of alkyl halides is 3. The minimum absolute atomic E-state index is 0.0272. The highest BCUT2D eigenvalue weighted by Crippen LogP contribution is 2.14. The number of halogens is 3. The van der Waals surface area contributed by atoms with Crippen LogP contribution in [0.3, 0.4) is 0 Å². The van der Waals surface area contributed by atoms with Crippen molar-refractivity contribution in [2.45, 2.75) is 31.5 Å². The van der Waals surface area contributed by atoms with Crippen molar-refractivity contribution in [2.75, 3.05) is 19.8 Å². The lowest BCUT2D eigenvalue weighted by Gasteiger charge is -2.17. The van der Waals surface area contributed by atoms with Gasteiger partial charge in [-0.25, -0.2) is 0 Å². The van der Waals surface area contributed by atoms with E-state index in [1.165, 1.54) is 6.92 Å². The van der Waals surface area contributed by atoms with Gasteiger partial charge in [0.1, 0.15) is 6.61 Å². The Bertz CT molecular complexity index is 393. The maximum absolute atomic E-state index is 11.8. The Balaban J connectivity index is 2.35. The van der Waals surface area contributed by atoms with Gasteiger partial charge in [-0.05, 0) is 6.92 Å². The van der Waals surface area contributed by atoms with Crippen molar-refractivity contribution < 1.29 is 27.5 Å². The summed E-state index contributed by atoms with van der Waals surface area (Å²) < 4.78 is 44.7. The molecule has 0 spiro atoms. The lowest BCUT2D eigenvalue weighted by atomic mass is 10.0. The average molecular weight is 283 g/mol. The van der Waals surface area contributed by atoms with Gasteiger partial charge in [-0.3, -0.25) is 0 Å². The maximum Gasteiger partial charge on any atom is 0.411 e. The van der Waals surface area contributed by atoms with Crippen molar-refractivity contribution in [1.82, 2.24) is 10.1 Å². The molecule has 0 amide bonds. The van der Waals surface area contributed by atoms with E-state index in [1.54, 1.807) is 0 Å². The van der Waals surface area contributed by atoms with Crippen LogP contribution in [0.25, 0.3) is 0 Å². The predicted molar refractivity (Wildman–Crippen MR) is 58.3 cm³/mol. The Morgan fingerprint density at radius 2 is 2.11 bits per heavy atom. The van der Waals surface area contributed by atoms with Gasteiger partial charge < -0.3 is 20.1 Å². The van der Waals surface area contributed by atoms with Gasteiger partial charge in [-0.1, -0.05) is 5.16 Å². The summed E-state index contributed by atoms with van der Waals surface area (Å²) in [5, 5.41) is 13.3. The first-order valence-electron chi connectivity index (χ1n) is 5.60. The number of ether oxygens (including phenoxy) is 1. The molecule has 0 aromatic carbocycles. The highest BCUT2D eigenvalue weighted by Gasteiger charge is 2.27. The summed E-state index contributed by atoms with van der Waals surface area (Å²) in [4.78, 5) is 3.92. The molecule has 0 bridgehead atoms. The van der Waals surface area contributed by atoms with Crippen LogP contribution in [0.15, 0.2) is 4.52 Å². The third-order valence-electron chi connectivity index (χ3n) is 2.22. The van der Waals surface area contributed by atoms with Gasteiger partial charge >= 0.3 is 6.18 Å². The zero-order valence-corrected chi connectivity index (χ0v) is 10.4. The molecule has 0 saturated carbocycles. The smallest absolute Gasteiger partial charge is 0.388 e. The van der Waals surface area contributed by atoms with Gasteiger partial charge in [0.05, 0.1) is 18.6 Å². The molecule has 0 radical (unpaired) electrons. The number of nitrogens with two attached hydrogens (primary N) is 1. The number of hydrogen-bond acceptors (Lipinski definition) is 6. The molecule has 1 aromatic heterocycles. The molecular formula is C10H16F3N3O3. The Hall–Kier alpha value is -1.19. The highest BCUT2D eigenvalue weighted by atomic mass is 19.4. The van der Waals surface area contributed by atoms with E-state index in [1.807, 2.05) is 0 Å². The molecule has 9 heteroatoms. The van der Waals surface area contributed by atoms with Crippen LogP contribution in [-0.2, 0) is 17.6 Å². The molecule has 0 fully saturated rings. The van der Waals surface area contributed by atoms with Crippen LogP contribution >= 0.6 is 0 Å². The van der Waals surface area contributed by atoms with Crippen molar-refractivity contribution in [2.24, 2.45) is 5.73 Å². The third-order valence-corrected chi connectivity index (χ3v) is 2.22. The second kappa shape index (κ2) is 6.31. The predicted octanol–water partition coefficient (Wildman–Crippen LogP) is 0.443. The van der Waals surface area contributed by atoms with Gasteiger partial charge in [0.15, 0.2) is 5.82 Å². The van der Waals surface area contributed by atoms with Crippen LogP contribution < -0.4 is 5.73 Å². The van der Waals surface area contributed by atoms with Gasteiger partial charge in [0, 0.05) is 13.0 Å². The molecule has 1 heterocycles. The SMILES string of the molecule is CC(O)(CN)Cc1nc(CCOCC(F)(F)F)no1. The minimum Gasteiger partial charge on any atom is -0.388 e. The number of nitrogens with zero attached hydrogens (tertiary/aromatic N) is 2. The second-order valence-corrected chi connectivity index (χ2v) is 4.40. The maximum atomic E-state index is 11.8. The molecule has 1 rings (SSSR count). The molecule has 1 aromatic rings. The molecule has 110 valence electrons. The van der Waals surface area contributed by atoms with Gasteiger partial charge in [0.25, 0.3) is 0 Å². The third kappa shape index (κ3) is 6.50. The summed E-state index contributed by atoms with van der Waals surface area (Å²) in [5.74, 6) is 0.409. The van der Waals surface area contributed by atoms with Gasteiger partial charge in [-0.2, -0.15) is 18.2 Å². The Kier molecular flexibility index (Phi) is 5.27. The van der Waals surface area contributed by atoms with E-state index in [4.69, 9.17) is 10.3 Å². The molecule has 0 aliphatic carbocycles. The van der Waals surface area contributed by atoms with Crippen LogP contribution in [-0.4, -0.2) is 46.8 Å². The first kappa shape index (κ1) is 15.9. The zero-order chi connectivity index (χ0) is 14.5. The normalized spacial score (nSPS) is 15.5. The second-order valence-electron chi connectivity index (χ2n) is 4.40. The summed E-state index contributed by atoms with van der Waals surface area (Å²) in [6.07, 6.45) is -4.16. The molecule has 1 unspecified atom stereocenters. The van der Waals surface area contributed by atoms with Crippen LogP contribution in [0.4, 0.5) is 13.2 Å². The summed E-state index contributed by atoms with van der Waals surface area (Å²) >= 11 is 0. The van der Waals surface area contributed by atoms with Crippen molar-refractivity contribution in [1.29, 1.82) is 0 Å². The Labute approximate surface area is 107 Å². The van der Waals surface area contributed by atoms with E-state index >= 15 is 0 Å². The summed E-state index contributed by atoms with van der Waals surface area (Å²) in [5.41, 5.74) is 4.18. The minimum atomic E-state index is -4.34. The fourth-order valence-electron chi connectivity index (χ4n) is 1.21. The molecule has 0 aliphatic rings. The first-order valence-corrected chi connectivity index (χ1v) is 5.60. The quantitative estimate of drug-likeness (QED) is 0.705. The molecular weight excluding hydrogens is 267 g/mol. The number of aromatic nitrogens is 2. The topological polar surface area (TPSA) is 94.4 Å². The number of hydrogen-bond donors (Lipinski definition) is 2. The summed E-state index contributed by atoms with van der Waals surface area (Å²) in [6, 6.07) is 0. The molecule has 6 nitrogen and oxygen atoms in total. The fraction of sp³-hybridized carbons (Fsp3) is 0.800. The van der Waals surface area contributed by atoms with Gasteiger partial charge in [-0.15, -0.1) is 0 Å². The lowest BCUT2D eigenvalue weighted by Crippen LogP contribution is -2.36. The molecule has 3 N–H and O–H groups in total. The summed E-state index contributed by atoms with van der Waals surface area (Å²) in [6.45, 7) is 0.0775. The number of aliphatic hydroxyl groups is 1. The van der Waals surface area contributed by atoms with E-state index in [-0.39, 0.29) is 37.7 Å². The van der Waals surface area contributed by atoms with Crippen molar-refractivity contribution in [3.63, 3.8) is 0 Å².